The first-order valence-electron chi connectivity index (χ1n) is 4.00. The number of aryl methyl sites for hydroxylation is 1. The van der Waals surface area contributed by atoms with Crippen molar-refractivity contribution in [3.8, 4) is 5.88 Å². The highest BCUT2D eigenvalue weighted by Gasteiger charge is 2.00. The number of hydrogen-bond donors (Lipinski definition) is 1. The summed E-state index contributed by atoms with van der Waals surface area (Å²) >= 11 is 0. The van der Waals surface area contributed by atoms with Crippen molar-refractivity contribution in [1.82, 2.24) is 4.98 Å². The van der Waals surface area contributed by atoms with Crippen LogP contribution in [0, 0.1) is 6.92 Å². The second-order valence-electron chi connectivity index (χ2n) is 2.91. The standard InChI is InChI=1S/C9H14N2O/c1-7-4-3-5-11-9(7)12-6-8(2)10/h3-5,8H,6,10H2,1-2H3. The van der Waals surface area contributed by atoms with Crippen molar-refractivity contribution in [2.24, 2.45) is 5.73 Å². The monoisotopic (exact) mass is 166 g/mol. The first-order valence-corrected chi connectivity index (χ1v) is 4.00. The Balaban J connectivity index is 2.57. The summed E-state index contributed by atoms with van der Waals surface area (Å²) in [5.41, 5.74) is 6.58. The summed E-state index contributed by atoms with van der Waals surface area (Å²) < 4.78 is 5.36. The predicted molar refractivity (Wildman–Crippen MR) is 48.1 cm³/mol. The fourth-order valence-corrected chi connectivity index (χ4v) is 0.833. The van der Waals surface area contributed by atoms with E-state index in [0.717, 1.165) is 5.56 Å². The average molecular weight is 166 g/mol. The highest BCUT2D eigenvalue weighted by molar-refractivity contribution is 5.23. The Morgan fingerprint density at radius 2 is 2.42 bits per heavy atom. The molecule has 0 amide bonds. The van der Waals surface area contributed by atoms with Crippen LogP contribution in [0.25, 0.3) is 0 Å². The largest absolute Gasteiger partial charge is 0.476 e. The molecule has 0 aromatic carbocycles. The van der Waals surface area contributed by atoms with E-state index in [0.29, 0.717) is 12.5 Å². The molecule has 66 valence electrons. The zero-order chi connectivity index (χ0) is 8.97. The molecule has 1 unspecified atom stereocenters. The van der Waals surface area contributed by atoms with Gasteiger partial charge in [-0.15, -0.1) is 0 Å². The summed E-state index contributed by atoms with van der Waals surface area (Å²) in [5.74, 6) is 0.676. The molecular formula is C9H14N2O. The molecule has 0 fully saturated rings. The second-order valence-corrected chi connectivity index (χ2v) is 2.91. The lowest BCUT2D eigenvalue weighted by molar-refractivity contribution is 0.283. The maximum atomic E-state index is 5.54. The van der Waals surface area contributed by atoms with E-state index in [1.165, 1.54) is 0 Å². The van der Waals surface area contributed by atoms with Crippen LogP contribution in [0.3, 0.4) is 0 Å². The molecule has 0 aliphatic heterocycles. The summed E-state index contributed by atoms with van der Waals surface area (Å²) in [6.07, 6.45) is 1.71. The Kier molecular flexibility index (Phi) is 3.05. The lowest BCUT2D eigenvalue weighted by Gasteiger charge is -2.08. The molecule has 0 spiro atoms. The van der Waals surface area contributed by atoms with Crippen LogP contribution in [0.2, 0.25) is 0 Å². The van der Waals surface area contributed by atoms with E-state index < -0.39 is 0 Å². The molecular weight excluding hydrogens is 152 g/mol. The van der Waals surface area contributed by atoms with Gasteiger partial charge in [-0.05, 0) is 19.9 Å². The molecule has 2 N–H and O–H groups in total. The molecule has 0 saturated heterocycles. The van der Waals surface area contributed by atoms with Crippen LogP contribution in [0.4, 0.5) is 0 Å². The van der Waals surface area contributed by atoms with Gasteiger partial charge in [0.2, 0.25) is 5.88 Å². The number of nitrogens with two attached hydrogens (primary N) is 1. The average Bonchev–Trinajstić information content (AvgIpc) is 2.03. The number of ether oxygens (including phenoxy) is 1. The zero-order valence-corrected chi connectivity index (χ0v) is 7.45. The van der Waals surface area contributed by atoms with Gasteiger partial charge >= 0.3 is 0 Å². The summed E-state index contributed by atoms with van der Waals surface area (Å²) in [4.78, 5) is 4.07. The van der Waals surface area contributed by atoms with Crippen LogP contribution < -0.4 is 10.5 Å². The van der Waals surface area contributed by atoms with Crippen molar-refractivity contribution < 1.29 is 4.74 Å². The quantitative estimate of drug-likeness (QED) is 0.731. The smallest absolute Gasteiger partial charge is 0.216 e. The molecule has 3 heteroatoms. The van der Waals surface area contributed by atoms with E-state index in [1.807, 2.05) is 26.0 Å². The zero-order valence-electron chi connectivity index (χ0n) is 7.45. The van der Waals surface area contributed by atoms with E-state index in [4.69, 9.17) is 10.5 Å². The lowest BCUT2D eigenvalue weighted by Crippen LogP contribution is -2.24. The Morgan fingerprint density at radius 1 is 1.67 bits per heavy atom. The Hall–Kier alpha value is -1.09. The molecule has 0 bridgehead atoms. The third-order valence-electron chi connectivity index (χ3n) is 1.44. The maximum Gasteiger partial charge on any atom is 0.216 e. The molecule has 1 aromatic heterocycles. The first-order chi connectivity index (χ1) is 5.70. The van der Waals surface area contributed by atoms with Gasteiger partial charge in [0.05, 0.1) is 0 Å². The van der Waals surface area contributed by atoms with E-state index in [1.54, 1.807) is 6.20 Å². The maximum absolute atomic E-state index is 5.54. The summed E-state index contributed by atoms with van der Waals surface area (Å²) in [6.45, 7) is 4.37. The van der Waals surface area contributed by atoms with E-state index in [9.17, 15) is 0 Å². The van der Waals surface area contributed by atoms with Gasteiger partial charge in [0.25, 0.3) is 0 Å². The Bertz CT molecular complexity index is 248. The van der Waals surface area contributed by atoms with Gasteiger partial charge in [-0.1, -0.05) is 6.07 Å². The minimum atomic E-state index is 0.0476. The third kappa shape index (κ3) is 2.51. The van der Waals surface area contributed by atoms with Crippen LogP contribution in [-0.4, -0.2) is 17.6 Å². The number of aromatic nitrogens is 1. The number of nitrogens with zero attached hydrogens (tertiary/aromatic N) is 1. The van der Waals surface area contributed by atoms with Crippen LogP contribution >= 0.6 is 0 Å². The van der Waals surface area contributed by atoms with Crippen molar-refractivity contribution in [3.63, 3.8) is 0 Å². The molecule has 1 aromatic rings. The van der Waals surface area contributed by atoms with E-state index in [2.05, 4.69) is 4.98 Å². The normalized spacial score (nSPS) is 12.6. The highest BCUT2D eigenvalue weighted by Crippen LogP contribution is 2.11. The fourth-order valence-electron chi connectivity index (χ4n) is 0.833. The Labute approximate surface area is 72.6 Å². The number of rotatable bonds is 3. The molecule has 1 heterocycles. The van der Waals surface area contributed by atoms with Gasteiger partial charge in [0, 0.05) is 17.8 Å². The minimum Gasteiger partial charge on any atom is -0.476 e. The van der Waals surface area contributed by atoms with Gasteiger partial charge in [-0.3, -0.25) is 0 Å². The van der Waals surface area contributed by atoms with Crippen LogP contribution in [-0.2, 0) is 0 Å². The molecule has 1 atom stereocenters. The van der Waals surface area contributed by atoms with Crippen LogP contribution in [0.5, 0.6) is 5.88 Å². The topological polar surface area (TPSA) is 48.1 Å². The van der Waals surface area contributed by atoms with Crippen molar-refractivity contribution >= 4 is 0 Å². The molecule has 12 heavy (non-hydrogen) atoms. The van der Waals surface area contributed by atoms with Gasteiger partial charge < -0.3 is 10.5 Å². The van der Waals surface area contributed by atoms with Gasteiger partial charge in [0.15, 0.2) is 0 Å². The lowest BCUT2D eigenvalue weighted by atomic mass is 10.3. The Morgan fingerprint density at radius 3 is 3.00 bits per heavy atom. The van der Waals surface area contributed by atoms with Gasteiger partial charge in [-0.2, -0.15) is 0 Å². The van der Waals surface area contributed by atoms with Crippen LogP contribution in [0.15, 0.2) is 18.3 Å². The fraction of sp³-hybridized carbons (Fsp3) is 0.444. The number of pyridine rings is 1. The van der Waals surface area contributed by atoms with Gasteiger partial charge in [-0.25, -0.2) is 4.98 Å². The van der Waals surface area contributed by atoms with Crippen molar-refractivity contribution in [2.75, 3.05) is 6.61 Å². The number of hydrogen-bond acceptors (Lipinski definition) is 3. The molecule has 3 nitrogen and oxygen atoms in total. The van der Waals surface area contributed by atoms with Crippen molar-refractivity contribution in [2.45, 2.75) is 19.9 Å². The first kappa shape index (κ1) is 9.00. The highest BCUT2D eigenvalue weighted by atomic mass is 16.5. The minimum absolute atomic E-state index is 0.0476. The molecule has 0 aliphatic carbocycles. The summed E-state index contributed by atoms with van der Waals surface area (Å²) in [5, 5.41) is 0. The van der Waals surface area contributed by atoms with E-state index in [-0.39, 0.29) is 6.04 Å². The van der Waals surface area contributed by atoms with E-state index >= 15 is 0 Å². The summed E-state index contributed by atoms with van der Waals surface area (Å²) in [7, 11) is 0. The molecule has 0 radical (unpaired) electrons. The molecule has 1 rings (SSSR count). The molecule has 0 aliphatic rings. The third-order valence-corrected chi connectivity index (χ3v) is 1.44. The van der Waals surface area contributed by atoms with Crippen molar-refractivity contribution in [1.29, 1.82) is 0 Å². The predicted octanol–water partition coefficient (Wildman–Crippen LogP) is 1.12. The summed E-state index contributed by atoms with van der Waals surface area (Å²) in [6, 6.07) is 3.89. The van der Waals surface area contributed by atoms with Crippen LogP contribution in [0.1, 0.15) is 12.5 Å². The SMILES string of the molecule is Cc1cccnc1OCC(C)N. The van der Waals surface area contributed by atoms with Crippen molar-refractivity contribution in [3.05, 3.63) is 23.9 Å². The second kappa shape index (κ2) is 4.07. The molecule has 0 saturated carbocycles. The van der Waals surface area contributed by atoms with Gasteiger partial charge in [0.1, 0.15) is 6.61 Å².